The molecule has 2 amide bonds. The van der Waals surface area contributed by atoms with Crippen molar-refractivity contribution in [1.29, 1.82) is 0 Å². The number of hydrogen-bond donors (Lipinski definition) is 2. The van der Waals surface area contributed by atoms with Crippen LogP contribution in [0.5, 0.6) is 5.75 Å². The summed E-state index contributed by atoms with van der Waals surface area (Å²) in [6.45, 7) is 6.48. The summed E-state index contributed by atoms with van der Waals surface area (Å²) < 4.78 is 11.3. The highest BCUT2D eigenvalue weighted by atomic mass is 16.5. The molecule has 0 spiro atoms. The van der Waals surface area contributed by atoms with E-state index in [0.29, 0.717) is 35.9 Å². The number of benzene rings is 2. The fraction of sp³-hybridized carbons (Fsp3) is 0.308. The van der Waals surface area contributed by atoms with Crippen LogP contribution in [0.3, 0.4) is 0 Å². The van der Waals surface area contributed by atoms with Crippen LogP contribution < -0.4 is 15.4 Å². The van der Waals surface area contributed by atoms with Gasteiger partial charge in [-0.2, -0.15) is 0 Å². The molecule has 0 aliphatic heterocycles. The quantitative estimate of drug-likeness (QED) is 0.440. The van der Waals surface area contributed by atoms with Crippen LogP contribution in [0.15, 0.2) is 71.3 Å². The van der Waals surface area contributed by atoms with Gasteiger partial charge >= 0.3 is 0 Å². The molecule has 2 atom stereocenters. The zero-order valence-electron chi connectivity index (χ0n) is 18.8. The fourth-order valence-corrected chi connectivity index (χ4v) is 3.33. The lowest BCUT2D eigenvalue weighted by Gasteiger charge is -2.21. The summed E-state index contributed by atoms with van der Waals surface area (Å²) >= 11 is 0. The molecule has 3 aromatic rings. The summed E-state index contributed by atoms with van der Waals surface area (Å²) in [5.41, 5.74) is 2.08. The van der Waals surface area contributed by atoms with Gasteiger partial charge in [0.1, 0.15) is 11.5 Å². The summed E-state index contributed by atoms with van der Waals surface area (Å²) in [6.07, 6.45) is 2.42. The predicted octanol–water partition coefficient (Wildman–Crippen LogP) is 5.52. The Hall–Kier alpha value is -3.54. The number of para-hydroxylation sites is 1. The monoisotopic (exact) mass is 434 g/mol. The number of ether oxygens (including phenoxy) is 1. The van der Waals surface area contributed by atoms with E-state index in [1.54, 1.807) is 42.7 Å². The van der Waals surface area contributed by atoms with Gasteiger partial charge in [0.25, 0.3) is 11.8 Å². The van der Waals surface area contributed by atoms with Crippen molar-refractivity contribution >= 4 is 17.5 Å². The Balaban J connectivity index is 1.65. The van der Waals surface area contributed by atoms with Crippen LogP contribution in [0, 0.1) is 0 Å². The first-order valence-electron chi connectivity index (χ1n) is 11.0. The maximum Gasteiger partial charge on any atom is 0.265 e. The minimum atomic E-state index is -0.642. The Kier molecular flexibility index (Phi) is 8.08. The maximum atomic E-state index is 12.9. The van der Waals surface area contributed by atoms with Gasteiger partial charge in [0.2, 0.25) is 0 Å². The first-order valence-corrected chi connectivity index (χ1v) is 11.0. The van der Waals surface area contributed by atoms with Crippen LogP contribution >= 0.6 is 0 Å². The molecule has 0 fully saturated rings. The molecule has 0 aliphatic carbocycles. The standard InChI is InChI=1S/C26H30N2O4/c1-4-18(3)22-13-6-7-14-24(22)32-23(5-2)26(30)28-20-11-8-10-19(16-20)25(29)27-17-21-12-9-15-31-21/h6-16,18,23H,4-5,17H2,1-3H3,(H,27,29)(H,28,30). The van der Waals surface area contributed by atoms with E-state index in [0.717, 1.165) is 17.7 Å². The van der Waals surface area contributed by atoms with E-state index in [1.807, 2.05) is 31.2 Å². The summed E-state index contributed by atoms with van der Waals surface area (Å²) in [7, 11) is 0. The highest BCUT2D eigenvalue weighted by Gasteiger charge is 2.21. The number of amides is 2. The Morgan fingerprint density at radius 3 is 2.53 bits per heavy atom. The molecule has 0 saturated heterocycles. The number of furan rings is 1. The third-order valence-corrected chi connectivity index (χ3v) is 5.39. The molecule has 3 rings (SSSR count). The van der Waals surface area contributed by atoms with Gasteiger partial charge in [0.15, 0.2) is 6.10 Å². The van der Waals surface area contributed by atoms with Crippen molar-refractivity contribution in [1.82, 2.24) is 5.32 Å². The molecule has 0 bridgehead atoms. The fourth-order valence-electron chi connectivity index (χ4n) is 3.33. The Bertz CT molecular complexity index is 1030. The Morgan fingerprint density at radius 2 is 1.81 bits per heavy atom. The molecule has 2 aromatic carbocycles. The van der Waals surface area contributed by atoms with E-state index < -0.39 is 6.10 Å². The van der Waals surface area contributed by atoms with Gasteiger partial charge in [0.05, 0.1) is 12.8 Å². The van der Waals surface area contributed by atoms with Crippen molar-refractivity contribution in [3.05, 3.63) is 83.8 Å². The van der Waals surface area contributed by atoms with Gasteiger partial charge in [-0.1, -0.05) is 45.0 Å². The number of hydrogen-bond acceptors (Lipinski definition) is 4. The zero-order valence-corrected chi connectivity index (χ0v) is 18.8. The average molecular weight is 435 g/mol. The van der Waals surface area contributed by atoms with E-state index >= 15 is 0 Å². The van der Waals surface area contributed by atoms with E-state index in [1.165, 1.54) is 0 Å². The van der Waals surface area contributed by atoms with Crippen LogP contribution in [-0.2, 0) is 11.3 Å². The molecule has 2 unspecified atom stereocenters. The molecular weight excluding hydrogens is 404 g/mol. The Morgan fingerprint density at radius 1 is 1.00 bits per heavy atom. The third-order valence-electron chi connectivity index (χ3n) is 5.39. The molecule has 2 N–H and O–H groups in total. The van der Waals surface area contributed by atoms with Crippen molar-refractivity contribution in [3.8, 4) is 5.75 Å². The molecule has 0 radical (unpaired) electrons. The second kappa shape index (κ2) is 11.2. The summed E-state index contributed by atoms with van der Waals surface area (Å²) in [6, 6.07) is 18.2. The smallest absolute Gasteiger partial charge is 0.265 e. The van der Waals surface area contributed by atoms with E-state index in [-0.39, 0.29) is 11.8 Å². The third kappa shape index (κ3) is 6.00. The van der Waals surface area contributed by atoms with Crippen LogP contribution in [-0.4, -0.2) is 17.9 Å². The van der Waals surface area contributed by atoms with Crippen LogP contribution in [0.4, 0.5) is 5.69 Å². The molecule has 6 heteroatoms. The van der Waals surface area contributed by atoms with Crippen molar-refractivity contribution in [2.45, 2.75) is 52.2 Å². The lowest BCUT2D eigenvalue weighted by atomic mass is 9.98. The van der Waals surface area contributed by atoms with Crippen LogP contribution in [0.25, 0.3) is 0 Å². The average Bonchev–Trinajstić information content (AvgIpc) is 3.34. The van der Waals surface area contributed by atoms with Gasteiger partial charge in [-0.15, -0.1) is 0 Å². The summed E-state index contributed by atoms with van der Waals surface area (Å²) in [5.74, 6) is 1.24. The SMILES string of the molecule is CCC(Oc1ccccc1C(C)CC)C(=O)Nc1cccc(C(=O)NCc2ccco2)c1. The molecular formula is C26H30N2O4. The predicted molar refractivity (Wildman–Crippen MR) is 125 cm³/mol. The van der Waals surface area contributed by atoms with Crippen molar-refractivity contribution in [3.63, 3.8) is 0 Å². The zero-order chi connectivity index (χ0) is 22.9. The second-order valence-electron chi connectivity index (χ2n) is 7.69. The molecule has 1 aromatic heterocycles. The number of carbonyl (C=O) groups is 2. The van der Waals surface area contributed by atoms with Gasteiger partial charge < -0.3 is 19.8 Å². The van der Waals surface area contributed by atoms with Gasteiger partial charge in [-0.3, -0.25) is 9.59 Å². The molecule has 168 valence electrons. The molecule has 32 heavy (non-hydrogen) atoms. The Labute approximate surface area is 189 Å². The van der Waals surface area contributed by atoms with Crippen LogP contribution in [0.1, 0.15) is 61.2 Å². The largest absolute Gasteiger partial charge is 0.480 e. The molecule has 0 aliphatic rings. The summed E-state index contributed by atoms with van der Waals surface area (Å²) in [4.78, 5) is 25.4. The maximum absolute atomic E-state index is 12.9. The first-order chi connectivity index (χ1) is 15.5. The normalized spacial score (nSPS) is 12.6. The van der Waals surface area contributed by atoms with Crippen molar-refractivity contribution < 1.29 is 18.7 Å². The topological polar surface area (TPSA) is 80.6 Å². The van der Waals surface area contributed by atoms with Gasteiger partial charge in [-0.25, -0.2) is 0 Å². The van der Waals surface area contributed by atoms with E-state index in [2.05, 4.69) is 24.5 Å². The van der Waals surface area contributed by atoms with Crippen molar-refractivity contribution in [2.24, 2.45) is 0 Å². The number of anilines is 1. The van der Waals surface area contributed by atoms with Gasteiger partial charge in [0, 0.05) is 11.3 Å². The first kappa shape index (κ1) is 23.1. The number of carbonyl (C=O) groups excluding carboxylic acids is 2. The van der Waals surface area contributed by atoms with Crippen LogP contribution in [0.2, 0.25) is 0 Å². The molecule has 0 saturated carbocycles. The van der Waals surface area contributed by atoms with Gasteiger partial charge in [-0.05, 0) is 60.7 Å². The van der Waals surface area contributed by atoms with E-state index in [9.17, 15) is 9.59 Å². The highest BCUT2D eigenvalue weighted by molar-refractivity contribution is 5.98. The second-order valence-corrected chi connectivity index (χ2v) is 7.69. The van der Waals surface area contributed by atoms with Crippen molar-refractivity contribution in [2.75, 3.05) is 5.32 Å². The minimum absolute atomic E-state index is 0.247. The minimum Gasteiger partial charge on any atom is -0.480 e. The lowest BCUT2D eigenvalue weighted by molar-refractivity contribution is -0.122. The lowest BCUT2D eigenvalue weighted by Crippen LogP contribution is -2.32. The molecule has 1 heterocycles. The number of rotatable bonds is 10. The summed E-state index contributed by atoms with van der Waals surface area (Å²) in [5, 5.41) is 5.68. The highest BCUT2D eigenvalue weighted by Crippen LogP contribution is 2.29. The van der Waals surface area contributed by atoms with E-state index in [4.69, 9.17) is 9.15 Å². The molecule has 6 nitrogen and oxygen atoms in total. The number of nitrogens with one attached hydrogen (secondary N) is 2.